The van der Waals surface area contributed by atoms with Crippen LogP contribution in [0.15, 0.2) is 53.7 Å². The molecule has 124 valence electrons. The molecule has 0 bridgehead atoms. The summed E-state index contributed by atoms with van der Waals surface area (Å²) in [5.41, 5.74) is 1.48. The van der Waals surface area contributed by atoms with Crippen LogP contribution in [0, 0.1) is 0 Å². The quantitative estimate of drug-likeness (QED) is 0.713. The third kappa shape index (κ3) is 3.33. The summed E-state index contributed by atoms with van der Waals surface area (Å²) in [6.07, 6.45) is 5.31. The van der Waals surface area contributed by atoms with Crippen LogP contribution in [0.2, 0.25) is 5.02 Å². The number of hydrogen-bond donors (Lipinski definition) is 0. The zero-order chi connectivity index (χ0) is 17.1. The zero-order valence-corrected chi connectivity index (χ0v) is 14.3. The predicted molar refractivity (Wildman–Crippen MR) is 94.4 cm³/mol. The van der Waals surface area contributed by atoms with Gasteiger partial charge in [0, 0.05) is 33.0 Å². The van der Waals surface area contributed by atoms with Crippen molar-refractivity contribution in [2.75, 3.05) is 11.9 Å². The van der Waals surface area contributed by atoms with Crippen molar-refractivity contribution in [2.24, 2.45) is 7.05 Å². The van der Waals surface area contributed by atoms with E-state index >= 15 is 0 Å². The minimum Gasteiger partial charge on any atom is -0.364 e. The second-order valence-corrected chi connectivity index (χ2v) is 5.96. The van der Waals surface area contributed by atoms with Gasteiger partial charge in [0.1, 0.15) is 10.8 Å². The van der Waals surface area contributed by atoms with E-state index in [1.807, 2.05) is 36.3 Å². The molecular weight excluding hydrogens is 326 g/mol. The van der Waals surface area contributed by atoms with Gasteiger partial charge in [-0.05, 0) is 5.56 Å². The Bertz CT molecular complexity index is 887. The van der Waals surface area contributed by atoms with Crippen molar-refractivity contribution in [3.63, 3.8) is 0 Å². The van der Waals surface area contributed by atoms with Crippen molar-refractivity contribution in [1.82, 2.24) is 19.3 Å². The Balaban J connectivity index is 1.81. The lowest BCUT2D eigenvalue weighted by Gasteiger charge is -2.20. The largest absolute Gasteiger partial charge is 0.364 e. The highest BCUT2D eigenvalue weighted by Crippen LogP contribution is 2.21. The fourth-order valence-corrected chi connectivity index (χ4v) is 2.80. The van der Waals surface area contributed by atoms with Crippen LogP contribution in [0.1, 0.15) is 11.4 Å². The zero-order valence-electron chi connectivity index (χ0n) is 13.6. The molecule has 0 aliphatic rings. The number of anilines is 1. The second-order valence-electron chi connectivity index (χ2n) is 5.59. The van der Waals surface area contributed by atoms with Gasteiger partial charge in [0.15, 0.2) is 0 Å². The van der Waals surface area contributed by atoms with E-state index in [0.29, 0.717) is 12.2 Å². The summed E-state index contributed by atoms with van der Waals surface area (Å²) in [4.78, 5) is 18.2. The molecule has 24 heavy (non-hydrogen) atoms. The number of rotatable bonds is 5. The average Bonchev–Trinajstić information content (AvgIpc) is 3.00. The first kappa shape index (κ1) is 16.3. The highest BCUT2D eigenvalue weighted by molar-refractivity contribution is 6.32. The number of imidazole rings is 1. The van der Waals surface area contributed by atoms with Crippen LogP contribution < -0.4 is 10.5 Å². The van der Waals surface area contributed by atoms with Crippen LogP contribution in [-0.4, -0.2) is 26.4 Å². The topological polar surface area (TPSA) is 56.0 Å². The van der Waals surface area contributed by atoms with Gasteiger partial charge in [0.2, 0.25) is 0 Å². The molecule has 0 aliphatic carbocycles. The maximum atomic E-state index is 11.9. The van der Waals surface area contributed by atoms with E-state index in [1.165, 1.54) is 10.2 Å². The standard InChI is InChI=1S/C17H18ClN5O/c1-21(14-10-20-22(2)17(24)16(14)18)12-15-19-8-9-23(15)11-13-6-4-3-5-7-13/h3-10H,11-12H2,1-2H3. The van der Waals surface area contributed by atoms with Gasteiger partial charge in [-0.25, -0.2) is 9.67 Å². The molecule has 0 amide bonds. The predicted octanol–water partition coefficient (Wildman–Crippen LogP) is 2.31. The number of halogens is 1. The van der Waals surface area contributed by atoms with E-state index in [9.17, 15) is 4.79 Å². The average molecular weight is 344 g/mol. The molecule has 0 aliphatic heterocycles. The van der Waals surface area contributed by atoms with Crippen molar-refractivity contribution < 1.29 is 0 Å². The second kappa shape index (κ2) is 6.88. The summed E-state index contributed by atoms with van der Waals surface area (Å²) < 4.78 is 3.30. The van der Waals surface area contributed by atoms with E-state index in [-0.39, 0.29) is 10.6 Å². The number of benzene rings is 1. The Morgan fingerprint density at radius 3 is 2.75 bits per heavy atom. The van der Waals surface area contributed by atoms with Gasteiger partial charge in [0.25, 0.3) is 5.56 Å². The maximum Gasteiger partial charge on any atom is 0.287 e. The minimum absolute atomic E-state index is 0.163. The molecule has 0 atom stereocenters. The van der Waals surface area contributed by atoms with Crippen molar-refractivity contribution >= 4 is 17.3 Å². The summed E-state index contributed by atoms with van der Waals surface area (Å²) >= 11 is 6.16. The Labute approximate surface area is 144 Å². The lowest BCUT2D eigenvalue weighted by molar-refractivity contribution is 0.689. The molecular formula is C17H18ClN5O. The number of aromatic nitrogens is 4. The van der Waals surface area contributed by atoms with Gasteiger partial charge < -0.3 is 9.47 Å². The normalized spacial score (nSPS) is 10.8. The molecule has 3 aromatic rings. The van der Waals surface area contributed by atoms with Crippen LogP contribution >= 0.6 is 11.6 Å². The summed E-state index contributed by atoms with van der Waals surface area (Å²) in [7, 11) is 3.44. The molecule has 0 saturated carbocycles. The molecule has 1 aromatic carbocycles. The Hall–Kier alpha value is -2.60. The van der Waals surface area contributed by atoms with Gasteiger partial charge in [-0.2, -0.15) is 5.10 Å². The fraction of sp³-hybridized carbons (Fsp3) is 0.235. The molecule has 0 unspecified atom stereocenters. The van der Waals surface area contributed by atoms with Crippen LogP contribution in [0.3, 0.4) is 0 Å². The molecule has 0 spiro atoms. The third-order valence-electron chi connectivity index (χ3n) is 3.85. The van der Waals surface area contributed by atoms with E-state index in [0.717, 1.165) is 12.4 Å². The monoisotopic (exact) mass is 343 g/mol. The van der Waals surface area contributed by atoms with E-state index < -0.39 is 0 Å². The van der Waals surface area contributed by atoms with Crippen molar-refractivity contribution in [3.05, 3.63) is 75.7 Å². The van der Waals surface area contributed by atoms with Gasteiger partial charge >= 0.3 is 0 Å². The number of aryl methyl sites for hydroxylation is 1. The first-order valence-corrected chi connectivity index (χ1v) is 7.91. The number of nitrogens with zero attached hydrogens (tertiary/aromatic N) is 5. The molecule has 0 fully saturated rings. The maximum absolute atomic E-state index is 11.9. The van der Waals surface area contributed by atoms with Crippen LogP contribution in [-0.2, 0) is 20.1 Å². The van der Waals surface area contributed by atoms with Gasteiger partial charge in [-0.15, -0.1) is 0 Å². The molecule has 3 rings (SSSR count). The molecule has 0 radical (unpaired) electrons. The fourth-order valence-electron chi connectivity index (χ4n) is 2.48. The SMILES string of the molecule is CN(Cc1nccn1Cc1ccccc1)c1cnn(C)c(=O)c1Cl. The first-order chi connectivity index (χ1) is 11.6. The summed E-state index contributed by atoms with van der Waals surface area (Å²) in [6, 6.07) is 10.2. The lowest BCUT2D eigenvalue weighted by Crippen LogP contribution is -2.26. The van der Waals surface area contributed by atoms with Gasteiger partial charge in [0.05, 0.1) is 18.4 Å². The molecule has 2 aromatic heterocycles. The molecule has 2 heterocycles. The van der Waals surface area contributed by atoms with Crippen LogP contribution in [0.4, 0.5) is 5.69 Å². The molecule has 7 heteroatoms. The Kier molecular flexibility index (Phi) is 4.66. The minimum atomic E-state index is -0.311. The van der Waals surface area contributed by atoms with Crippen LogP contribution in [0.5, 0.6) is 0 Å². The molecule has 6 nitrogen and oxygen atoms in total. The Morgan fingerprint density at radius 1 is 1.25 bits per heavy atom. The summed E-state index contributed by atoms with van der Waals surface area (Å²) in [6.45, 7) is 1.26. The summed E-state index contributed by atoms with van der Waals surface area (Å²) in [5, 5.41) is 4.19. The molecule has 0 N–H and O–H groups in total. The van der Waals surface area contributed by atoms with E-state index in [2.05, 4.69) is 26.8 Å². The number of hydrogen-bond acceptors (Lipinski definition) is 4. The van der Waals surface area contributed by atoms with Gasteiger partial charge in [-0.1, -0.05) is 41.9 Å². The summed E-state index contributed by atoms with van der Waals surface area (Å²) in [5.74, 6) is 0.887. The van der Waals surface area contributed by atoms with Crippen molar-refractivity contribution in [1.29, 1.82) is 0 Å². The lowest BCUT2D eigenvalue weighted by atomic mass is 10.2. The van der Waals surface area contributed by atoms with E-state index in [4.69, 9.17) is 11.6 Å². The van der Waals surface area contributed by atoms with Crippen molar-refractivity contribution in [3.8, 4) is 0 Å². The highest BCUT2D eigenvalue weighted by Gasteiger charge is 2.14. The molecule has 0 saturated heterocycles. The van der Waals surface area contributed by atoms with Gasteiger partial charge in [-0.3, -0.25) is 4.79 Å². The van der Waals surface area contributed by atoms with Crippen molar-refractivity contribution in [2.45, 2.75) is 13.1 Å². The smallest absolute Gasteiger partial charge is 0.287 e. The third-order valence-corrected chi connectivity index (χ3v) is 4.20. The highest BCUT2D eigenvalue weighted by atomic mass is 35.5. The Morgan fingerprint density at radius 2 is 2.00 bits per heavy atom. The van der Waals surface area contributed by atoms with E-state index in [1.54, 1.807) is 19.4 Å². The van der Waals surface area contributed by atoms with Crippen LogP contribution in [0.25, 0.3) is 0 Å². The first-order valence-electron chi connectivity index (χ1n) is 7.53.